The number of nitrogens with zero attached hydrogens (tertiary/aromatic N) is 1. The molecule has 1 aromatic rings. The Bertz CT molecular complexity index is 421. The second-order valence-electron chi connectivity index (χ2n) is 3.03. The van der Waals surface area contributed by atoms with Gasteiger partial charge in [-0.1, -0.05) is 0 Å². The molecule has 0 spiro atoms. The maximum absolute atomic E-state index is 13.1. The van der Waals surface area contributed by atoms with Crippen LogP contribution in [0.15, 0.2) is 23.2 Å². The molecule has 0 aromatic heterocycles. The minimum atomic E-state index is -4.50. The van der Waals surface area contributed by atoms with Crippen LogP contribution in [0, 0.1) is 5.82 Å². The summed E-state index contributed by atoms with van der Waals surface area (Å²) in [6.07, 6.45) is -3.34. The summed E-state index contributed by atoms with van der Waals surface area (Å²) in [5, 5.41) is 0. The molecule has 0 saturated heterocycles. The van der Waals surface area contributed by atoms with Gasteiger partial charge in [-0.15, -0.1) is 0 Å². The van der Waals surface area contributed by atoms with Gasteiger partial charge < -0.3 is 0 Å². The van der Waals surface area contributed by atoms with Crippen molar-refractivity contribution in [2.24, 2.45) is 4.99 Å². The highest BCUT2D eigenvalue weighted by molar-refractivity contribution is 5.33. The summed E-state index contributed by atoms with van der Waals surface area (Å²) in [4.78, 5) is 12.9. The van der Waals surface area contributed by atoms with E-state index in [1.165, 1.54) is 6.08 Å². The molecule has 86 valence electrons. The zero-order valence-electron chi connectivity index (χ0n) is 8.01. The Morgan fingerprint density at radius 1 is 1.31 bits per heavy atom. The van der Waals surface area contributed by atoms with Crippen LogP contribution < -0.4 is 0 Å². The summed E-state index contributed by atoms with van der Waals surface area (Å²) >= 11 is 0. The zero-order valence-corrected chi connectivity index (χ0v) is 8.01. The zero-order chi connectivity index (χ0) is 12.2. The first-order chi connectivity index (χ1) is 7.45. The first kappa shape index (κ1) is 12.4. The average molecular weight is 233 g/mol. The van der Waals surface area contributed by atoms with Gasteiger partial charge in [-0.2, -0.15) is 13.2 Å². The number of carbonyl (C=O) groups excluding carboxylic acids is 1. The maximum atomic E-state index is 13.1. The third-order valence-corrected chi connectivity index (χ3v) is 1.93. The second-order valence-corrected chi connectivity index (χ2v) is 3.03. The normalized spacial score (nSPS) is 11.0. The van der Waals surface area contributed by atoms with E-state index in [9.17, 15) is 22.4 Å². The molecular formula is C10H7F4NO. The van der Waals surface area contributed by atoms with Crippen LogP contribution in [-0.2, 0) is 17.4 Å². The highest BCUT2D eigenvalue weighted by atomic mass is 19.4. The summed E-state index contributed by atoms with van der Waals surface area (Å²) in [5.41, 5.74) is -1.03. The third-order valence-electron chi connectivity index (χ3n) is 1.93. The number of benzene rings is 1. The number of rotatable bonds is 3. The van der Waals surface area contributed by atoms with Gasteiger partial charge in [0.2, 0.25) is 6.08 Å². The minimum Gasteiger partial charge on any atom is -0.211 e. The lowest BCUT2D eigenvalue weighted by atomic mass is 10.1. The lowest BCUT2D eigenvalue weighted by Crippen LogP contribution is -2.07. The monoisotopic (exact) mass is 233 g/mol. The van der Waals surface area contributed by atoms with Crippen molar-refractivity contribution < 1.29 is 22.4 Å². The summed E-state index contributed by atoms with van der Waals surface area (Å²) in [6, 6.07) is 2.14. The smallest absolute Gasteiger partial charge is 0.211 e. The van der Waals surface area contributed by atoms with E-state index in [2.05, 4.69) is 4.99 Å². The van der Waals surface area contributed by atoms with E-state index in [0.717, 1.165) is 12.1 Å². The van der Waals surface area contributed by atoms with E-state index < -0.39 is 17.6 Å². The van der Waals surface area contributed by atoms with Crippen molar-refractivity contribution in [1.82, 2.24) is 0 Å². The first-order valence-corrected chi connectivity index (χ1v) is 4.34. The summed E-state index contributed by atoms with van der Waals surface area (Å²) < 4.78 is 49.9. The molecule has 0 atom stereocenters. The van der Waals surface area contributed by atoms with Crippen LogP contribution >= 0.6 is 0 Å². The number of hydrogen-bond acceptors (Lipinski definition) is 2. The van der Waals surface area contributed by atoms with Crippen LogP contribution in [0.1, 0.15) is 11.1 Å². The van der Waals surface area contributed by atoms with Crippen molar-refractivity contribution in [3.63, 3.8) is 0 Å². The van der Waals surface area contributed by atoms with Crippen molar-refractivity contribution in [3.8, 4) is 0 Å². The highest BCUT2D eigenvalue weighted by Crippen LogP contribution is 2.30. The maximum Gasteiger partial charge on any atom is 0.416 e. The molecule has 0 bridgehead atoms. The number of halogens is 4. The summed E-state index contributed by atoms with van der Waals surface area (Å²) in [5.74, 6) is -0.742. The Kier molecular flexibility index (Phi) is 3.79. The average Bonchev–Trinajstić information content (AvgIpc) is 2.19. The van der Waals surface area contributed by atoms with Crippen LogP contribution in [0.25, 0.3) is 0 Å². The molecule has 0 saturated carbocycles. The quantitative estimate of drug-likeness (QED) is 0.448. The molecule has 0 radical (unpaired) electrons. The van der Waals surface area contributed by atoms with Crippen molar-refractivity contribution in [2.45, 2.75) is 12.6 Å². The van der Waals surface area contributed by atoms with Gasteiger partial charge in [-0.3, -0.25) is 0 Å². The van der Waals surface area contributed by atoms with Crippen LogP contribution in [0.4, 0.5) is 17.6 Å². The largest absolute Gasteiger partial charge is 0.416 e. The van der Waals surface area contributed by atoms with E-state index in [4.69, 9.17) is 0 Å². The van der Waals surface area contributed by atoms with Gasteiger partial charge in [-0.05, 0) is 30.2 Å². The van der Waals surface area contributed by atoms with Gasteiger partial charge in [0.25, 0.3) is 0 Å². The van der Waals surface area contributed by atoms with Crippen LogP contribution in [0.5, 0.6) is 0 Å². The number of aliphatic imine (C=N–C) groups is 1. The fourth-order valence-electron chi connectivity index (χ4n) is 1.16. The standard InChI is InChI=1S/C10H7F4NO/c11-9-2-1-8(10(12,13)14)5-7(9)3-4-15-6-16/h1-2,5H,3-4H2. The molecule has 0 unspecified atom stereocenters. The Balaban J connectivity index is 2.95. The van der Waals surface area contributed by atoms with Gasteiger partial charge in [0, 0.05) is 0 Å². The van der Waals surface area contributed by atoms with Gasteiger partial charge in [0.1, 0.15) is 5.82 Å². The molecular weight excluding hydrogens is 226 g/mol. The van der Waals surface area contributed by atoms with Crippen molar-refractivity contribution in [1.29, 1.82) is 0 Å². The molecule has 0 amide bonds. The van der Waals surface area contributed by atoms with Gasteiger partial charge in [0.05, 0.1) is 12.1 Å². The Labute approximate surface area is 88.6 Å². The van der Waals surface area contributed by atoms with Crippen LogP contribution in [-0.4, -0.2) is 12.6 Å². The van der Waals surface area contributed by atoms with E-state index in [0.29, 0.717) is 6.07 Å². The molecule has 16 heavy (non-hydrogen) atoms. The Morgan fingerprint density at radius 2 is 2.00 bits per heavy atom. The second kappa shape index (κ2) is 4.90. The molecule has 0 aliphatic rings. The van der Waals surface area contributed by atoms with Crippen molar-refractivity contribution in [3.05, 3.63) is 35.1 Å². The predicted octanol–water partition coefficient (Wildman–Crippen LogP) is 2.72. The Morgan fingerprint density at radius 3 is 2.56 bits per heavy atom. The molecule has 1 aromatic carbocycles. The van der Waals surface area contributed by atoms with Crippen molar-refractivity contribution in [2.75, 3.05) is 6.54 Å². The SMILES string of the molecule is O=C=NCCc1cc(C(F)(F)F)ccc1F. The summed E-state index contributed by atoms with van der Waals surface area (Å²) in [6.45, 7) is -0.0816. The number of alkyl halides is 3. The van der Waals surface area contributed by atoms with Gasteiger partial charge in [-0.25, -0.2) is 14.2 Å². The predicted molar refractivity (Wildman–Crippen MR) is 48.1 cm³/mol. The van der Waals surface area contributed by atoms with Gasteiger partial charge >= 0.3 is 6.18 Å². The lowest BCUT2D eigenvalue weighted by molar-refractivity contribution is -0.137. The molecule has 1 rings (SSSR count). The first-order valence-electron chi connectivity index (χ1n) is 4.34. The number of hydrogen-bond donors (Lipinski definition) is 0. The van der Waals surface area contributed by atoms with E-state index in [1.54, 1.807) is 0 Å². The summed E-state index contributed by atoms with van der Waals surface area (Å²) in [7, 11) is 0. The molecule has 0 aliphatic heterocycles. The minimum absolute atomic E-state index is 0.0645. The van der Waals surface area contributed by atoms with Gasteiger partial charge in [0.15, 0.2) is 0 Å². The van der Waals surface area contributed by atoms with Crippen LogP contribution in [0.2, 0.25) is 0 Å². The highest BCUT2D eigenvalue weighted by Gasteiger charge is 2.30. The lowest BCUT2D eigenvalue weighted by Gasteiger charge is -2.08. The van der Waals surface area contributed by atoms with Crippen molar-refractivity contribution >= 4 is 6.08 Å². The van der Waals surface area contributed by atoms with E-state index >= 15 is 0 Å². The molecule has 0 N–H and O–H groups in total. The van der Waals surface area contributed by atoms with E-state index in [-0.39, 0.29) is 18.5 Å². The topological polar surface area (TPSA) is 29.4 Å². The van der Waals surface area contributed by atoms with E-state index in [1.807, 2.05) is 0 Å². The molecule has 0 heterocycles. The fourth-order valence-corrected chi connectivity index (χ4v) is 1.16. The molecule has 0 aliphatic carbocycles. The van der Waals surface area contributed by atoms with Crippen LogP contribution in [0.3, 0.4) is 0 Å². The third kappa shape index (κ3) is 3.17. The Hall–Kier alpha value is -1.68. The number of isocyanates is 1. The molecule has 0 fully saturated rings. The molecule has 2 nitrogen and oxygen atoms in total. The fraction of sp³-hybridized carbons (Fsp3) is 0.300. The molecule has 6 heteroatoms.